The third-order valence-electron chi connectivity index (χ3n) is 4.66. The summed E-state index contributed by atoms with van der Waals surface area (Å²) in [6.07, 6.45) is 3.80. The molecule has 0 bridgehead atoms. The predicted molar refractivity (Wildman–Crippen MR) is 107 cm³/mol. The van der Waals surface area contributed by atoms with E-state index in [4.69, 9.17) is 27.1 Å². The molecule has 0 unspecified atom stereocenters. The molecule has 4 nitrogen and oxygen atoms in total. The van der Waals surface area contributed by atoms with Crippen LogP contribution in [0.15, 0.2) is 24.3 Å². The summed E-state index contributed by atoms with van der Waals surface area (Å²) in [5.41, 5.74) is 11.4. The van der Waals surface area contributed by atoms with Gasteiger partial charge >= 0.3 is 5.97 Å². The summed E-state index contributed by atoms with van der Waals surface area (Å²) in [5.74, 6) is -0.366. The predicted octanol–water partition coefficient (Wildman–Crippen LogP) is 5.25. The van der Waals surface area contributed by atoms with E-state index in [1.165, 1.54) is 16.9 Å². The van der Waals surface area contributed by atoms with E-state index < -0.39 is 0 Å². The highest BCUT2D eigenvalue weighted by Gasteiger charge is 2.26. The van der Waals surface area contributed by atoms with Crippen LogP contribution in [0.5, 0.6) is 0 Å². The molecule has 4 rings (SSSR count). The molecule has 0 atom stereocenters. The van der Waals surface area contributed by atoms with Crippen LogP contribution in [0.2, 0.25) is 5.02 Å². The molecule has 3 aromatic rings. The number of halogens is 1. The SMILES string of the molecule is CCCOC(=O)c1sc2nc3c(c(-c4ccc(Cl)cc4)c2c1N)CCC3. The van der Waals surface area contributed by atoms with Crippen molar-refractivity contribution in [1.29, 1.82) is 0 Å². The van der Waals surface area contributed by atoms with Crippen LogP contribution < -0.4 is 5.73 Å². The van der Waals surface area contributed by atoms with Crippen molar-refractivity contribution in [2.75, 3.05) is 12.3 Å². The molecule has 0 spiro atoms. The molecule has 26 heavy (non-hydrogen) atoms. The molecule has 0 saturated carbocycles. The highest BCUT2D eigenvalue weighted by atomic mass is 35.5. The van der Waals surface area contributed by atoms with E-state index in [1.807, 2.05) is 31.2 Å². The highest BCUT2D eigenvalue weighted by molar-refractivity contribution is 7.21. The third-order valence-corrected chi connectivity index (χ3v) is 5.99. The lowest BCUT2D eigenvalue weighted by atomic mass is 9.96. The van der Waals surface area contributed by atoms with Crippen molar-refractivity contribution in [3.8, 4) is 11.1 Å². The molecule has 2 N–H and O–H groups in total. The summed E-state index contributed by atoms with van der Waals surface area (Å²) in [5, 5.41) is 1.55. The minimum Gasteiger partial charge on any atom is -0.461 e. The molecule has 2 heterocycles. The van der Waals surface area contributed by atoms with Gasteiger partial charge in [-0.3, -0.25) is 0 Å². The van der Waals surface area contributed by atoms with Gasteiger partial charge in [0.25, 0.3) is 0 Å². The molecule has 1 aliphatic rings. The summed E-state index contributed by atoms with van der Waals surface area (Å²) < 4.78 is 5.30. The Morgan fingerprint density at radius 3 is 2.81 bits per heavy atom. The zero-order valence-electron chi connectivity index (χ0n) is 14.5. The van der Waals surface area contributed by atoms with Crippen molar-refractivity contribution in [2.45, 2.75) is 32.6 Å². The summed E-state index contributed by atoms with van der Waals surface area (Å²) in [7, 11) is 0. The Kier molecular flexibility index (Phi) is 4.59. The van der Waals surface area contributed by atoms with Crippen molar-refractivity contribution in [3.63, 3.8) is 0 Å². The summed E-state index contributed by atoms with van der Waals surface area (Å²) in [6, 6.07) is 7.76. The molecule has 6 heteroatoms. The number of ether oxygens (including phenoxy) is 1. The van der Waals surface area contributed by atoms with Gasteiger partial charge in [0.05, 0.1) is 12.3 Å². The number of carbonyl (C=O) groups is 1. The van der Waals surface area contributed by atoms with E-state index in [9.17, 15) is 4.79 Å². The number of fused-ring (bicyclic) bond motifs is 2. The topological polar surface area (TPSA) is 65.2 Å². The van der Waals surface area contributed by atoms with Crippen LogP contribution in [0, 0.1) is 0 Å². The Morgan fingerprint density at radius 1 is 1.31 bits per heavy atom. The number of carbonyl (C=O) groups excluding carboxylic acids is 1. The molecule has 1 aromatic carbocycles. The van der Waals surface area contributed by atoms with Crippen LogP contribution in [0.3, 0.4) is 0 Å². The quantitative estimate of drug-likeness (QED) is 0.621. The number of nitrogens with zero attached hydrogens (tertiary/aromatic N) is 1. The summed E-state index contributed by atoms with van der Waals surface area (Å²) >= 11 is 7.39. The fraction of sp³-hybridized carbons (Fsp3) is 0.300. The van der Waals surface area contributed by atoms with E-state index >= 15 is 0 Å². The lowest BCUT2D eigenvalue weighted by Crippen LogP contribution is -2.06. The van der Waals surface area contributed by atoms with Crippen LogP contribution in [-0.2, 0) is 17.6 Å². The number of aromatic nitrogens is 1. The molecular formula is C20H19ClN2O2S. The van der Waals surface area contributed by atoms with Gasteiger partial charge in [-0.15, -0.1) is 11.3 Å². The molecule has 0 saturated heterocycles. The standard InChI is InChI=1S/C20H19ClN2O2S/c1-2-10-25-20(24)18-17(22)16-15(11-6-8-12(21)9-7-11)13-4-3-5-14(13)23-19(16)26-18/h6-9H,2-5,10,22H2,1H3. The fourth-order valence-corrected chi connectivity index (χ4v) is 4.64. The van der Waals surface area contributed by atoms with Gasteiger partial charge in [0.15, 0.2) is 0 Å². The number of benzene rings is 1. The number of nitrogen functional groups attached to an aromatic ring is 1. The maximum absolute atomic E-state index is 12.4. The van der Waals surface area contributed by atoms with Crippen LogP contribution in [-0.4, -0.2) is 17.6 Å². The van der Waals surface area contributed by atoms with Crippen molar-refractivity contribution in [1.82, 2.24) is 4.98 Å². The number of anilines is 1. The number of hydrogen-bond donors (Lipinski definition) is 1. The van der Waals surface area contributed by atoms with Crippen molar-refractivity contribution in [3.05, 3.63) is 45.4 Å². The number of esters is 1. The first kappa shape index (κ1) is 17.3. The van der Waals surface area contributed by atoms with E-state index in [0.29, 0.717) is 22.2 Å². The average molecular weight is 387 g/mol. The molecule has 0 radical (unpaired) electrons. The molecule has 0 amide bonds. The minimum atomic E-state index is -0.366. The first-order valence-corrected chi connectivity index (χ1v) is 9.96. The van der Waals surface area contributed by atoms with Gasteiger partial charge in [-0.2, -0.15) is 0 Å². The number of aryl methyl sites for hydroxylation is 1. The normalized spacial score (nSPS) is 13.2. The first-order valence-electron chi connectivity index (χ1n) is 8.77. The number of rotatable bonds is 4. The molecule has 2 aromatic heterocycles. The Hall–Kier alpha value is -2.11. The Bertz CT molecular complexity index is 995. The first-order chi connectivity index (χ1) is 12.6. The minimum absolute atomic E-state index is 0.366. The number of thiophene rings is 1. The molecule has 0 aliphatic heterocycles. The van der Waals surface area contributed by atoms with Crippen molar-refractivity contribution >= 4 is 44.8 Å². The van der Waals surface area contributed by atoms with Crippen LogP contribution >= 0.6 is 22.9 Å². The highest BCUT2D eigenvalue weighted by Crippen LogP contribution is 2.44. The smallest absolute Gasteiger partial charge is 0.350 e. The maximum atomic E-state index is 12.4. The lowest BCUT2D eigenvalue weighted by Gasteiger charge is -2.11. The number of pyridine rings is 1. The van der Waals surface area contributed by atoms with Gasteiger partial charge in [0.2, 0.25) is 0 Å². The average Bonchev–Trinajstić information content (AvgIpc) is 3.23. The second kappa shape index (κ2) is 6.89. The van der Waals surface area contributed by atoms with Gasteiger partial charge < -0.3 is 10.5 Å². The Labute approximate surface area is 160 Å². The number of nitrogens with two attached hydrogens (primary N) is 1. The van der Waals surface area contributed by atoms with Crippen LogP contribution in [0.1, 0.15) is 40.7 Å². The van der Waals surface area contributed by atoms with Crippen molar-refractivity contribution in [2.24, 2.45) is 0 Å². The van der Waals surface area contributed by atoms with Crippen molar-refractivity contribution < 1.29 is 9.53 Å². The zero-order valence-corrected chi connectivity index (χ0v) is 16.0. The van der Waals surface area contributed by atoms with Gasteiger partial charge in [-0.25, -0.2) is 9.78 Å². The van der Waals surface area contributed by atoms with Crippen LogP contribution in [0.25, 0.3) is 21.3 Å². The number of hydrogen-bond acceptors (Lipinski definition) is 5. The van der Waals surface area contributed by atoms with E-state index in [-0.39, 0.29) is 5.97 Å². The monoisotopic (exact) mass is 386 g/mol. The molecule has 1 aliphatic carbocycles. The summed E-state index contributed by atoms with van der Waals surface area (Å²) in [4.78, 5) is 18.5. The van der Waals surface area contributed by atoms with Gasteiger partial charge in [0.1, 0.15) is 9.71 Å². The fourth-order valence-electron chi connectivity index (χ4n) is 3.49. The van der Waals surface area contributed by atoms with Crippen LogP contribution in [0.4, 0.5) is 5.69 Å². The third kappa shape index (κ3) is 2.85. The zero-order chi connectivity index (χ0) is 18.3. The molecule has 0 fully saturated rings. The summed E-state index contributed by atoms with van der Waals surface area (Å²) in [6.45, 7) is 2.35. The van der Waals surface area contributed by atoms with Gasteiger partial charge in [-0.05, 0) is 54.5 Å². The van der Waals surface area contributed by atoms with Gasteiger partial charge in [-0.1, -0.05) is 30.7 Å². The molecular weight excluding hydrogens is 368 g/mol. The second-order valence-electron chi connectivity index (χ2n) is 6.43. The maximum Gasteiger partial charge on any atom is 0.350 e. The van der Waals surface area contributed by atoms with Gasteiger partial charge in [0, 0.05) is 16.1 Å². The Morgan fingerprint density at radius 2 is 2.08 bits per heavy atom. The second-order valence-corrected chi connectivity index (χ2v) is 7.87. The molecule has 134 valence electrons. The van der Waals surface area contributed by atoms with E-state index in [0.717, 1.165) is 52.7 Å². The largest absolute Gasteiger partial charge is 0.461 e. The van der Waals surface area contributed by atoms with E-state index in [2.05, 4.69) is 0 Å². The Balaban J connectivity index is 1.95. The van der Waals surface area contributed by atoms with E-state index in [1.54, 1.807) is 0 Å². The lowest BCUT2D eigenvalue weighted by molar-refractivity contribution is 0.0512.